The lowest BCUT2D eigenvalue weighted by atomic mass is 9.91. The normalized spacial score (nSPS) is 21.6. The zero-order chi connectivity index (χ0) is 16.1. The first-order chi connectivity index (χ1) is 10.5. The van der Waals surface area contributed by atoms with Gasteiger partial charge in [0.05, 0.1) is 16.6 Å². The Labute approximate surface area is 134 Å². The number of carbonyl (C=O) groups is 2. The van der Waals surface area contributed by atoms with Crippen LogP contribution in [0.1, 0.15) is 31.0 Å². The van der Waals surface area contributed by atoms with Crippen LogP contribution < -0.4 is 5.32 Å². The predicted molar refractivity (Wildman–Crippen MR) is 85.1 cm³/mol. The van der Waals surface area contributed by atoms with Crippen molar-refractivity contribution < 1.29 is 14.7 Å². The lowest BCUT2D eigenvalue weighted by Crippen LogP contribution is -2.49. The molecule has 2 heterocycles. The highest BCUT2D eigenvalue weighted by Crippen LogP contribution is 2.21. The first-order valence-electron chi connectivity index (χ1n) is 7.68. The van der Waals surface area contributed by atoms with Gasteiger partial charge in [-0.25, -0.2) is 9.78 Å². The van der Waals surface area contributed by atoms with E-state index < -0.39 is 11.9 Å². The molecule has 122 valence electrons. The van der Waals surface area contributed by atoms with E-state index in [9.17, 15) is 9.59 Å². The second-order valence-electron chi connectivity index (χ2n) is 5.85. The average molecular weight is 325 g/mol. The number of carbonyl (C=O) groups excluding carboxylic acids is 1. The maximum absolute atomic E-state index is 12.2. The van der Waals surface area contributed by atoms with E-state index in [0.29, 0.717) is 32.5 Å². The standard InChI is InChI=1S/C15H23N3O3S/c1-3-13-17-12(9-22-13)4-5-16-15(21)18-7-10(2)6-11(8-18)14(19)20/h9-11H,3-8H2,1-2H3,(H,16,21)(H,19,20). The van der Waals surface area contributed by atoms with Crippen LogP contribution in [0.15, 0.2) is 5.38 Å². The van der Waals surface area contributed by atoms with Crippen LogP contribution in [0, 0.1) is 11.8 Å². The molecular formula is C15H23N3O3S. The molecule has 0 aromatic carbocycles. The van der Waals surface area contributed by atoms with Crippen molar-refractivity contribution in [3.8, 4) is 0 Å². The van der Waals surface area contributed by atoms with E-state index in [2.05, 4.69) is 17.2 Å². The average Bonchev–Trinajstić information content (AvgIpc) is 2.94. The molecule has 1 aromatic rings. The van der Waals surface area contributed by atoms with E-state index in [0.717, 1.165) is 17.1 Å². The largest absolute Gasteiger partial charge is 0.481 e. The van der Waals surface area contributed by atoms with Crippen LogP contribution in [0.5, 0.6) is 0 Å². The van der Waals surface area contributed by atoms with Crippen molar-refractivity contribution in [2.24, 2.45) is 11.8 Å². The summed E-state index contributed by atoms with van der Waals surface area (Å²) in [6.07, 6.45) is 2.27. The van der Waals surface area contributed by atoms with E-state index >= 15 is 0 Å². The third-order valence-corrected chi connectivity index (χ3v) is 4.90. The summed E-state index contributed by atoms with van der Waals surface area (Å²) in [5.74, 6) is -1.06. The van der Waals surface area contributed by atoms with Gasteiger partial charge < -0.3 is 15.3 Å². The molecule has 1 fully saturated rings. The summed E-state index contributed by atoms with van der Waals surface area (Å²) in [5.41, 5.74) is 0.998. The molecule has 2 N–H and O–H groups in total. The van der Waals surface area contributed by atoms with Gasteiger partial charge in [-0.2, -0.15) is 0 Å². The molecule has 0 aliphatic carbocycles. The van der Waals surface area contributed by atoms with Crippen molar-refractivity contribution >= 4 is 23.3 Å². The van der Waals surface area contributed by atoms with Gasteiger partial charge in [-0.1, -0.05) is 13.8 Å². The van der Waals surface area contributed by atoms with E-state index in [1.165, 1.54) is 0 Å². The molecule has 6 nitrogen and oxygen atoms in total. The summed E-state index contributed by atoms with van der Waals surface area (Å²) < 4.78 is 0. The maximum Gasteiger partial charge on any atom is 0.317 e. The number of aromatic nitrogens is 1. The van der Waals surface area contributed by atoms with E-state index in [-0.39, 0.29) is 11.9 Å². The van der Waals surface area contributed by atoms with Gasteiger partial charge in [0, 0.05) is 31.4 Å². The number of rotatable bonds is 5. The van der Waals surface area contributed by atoms with Gasteiger partial charge in [-0.05, 0) is 18.8 Å². The number of carboxylic acids is 1. The number of nitrogens with zero attached hydrogens (tertiary/aromatic N) is 2. The quantitative estimate of drug-likeness (QED) is 0.867. The Morgan fingerprint density at radius 1 is 1.50 bits per heavy atom. The summed E-state index contributed by atoms with van der Waals surface area (Å²) in [4.78, 5) is 29.4. The number of piperidine rings is 1. The lowest BCUT2D eigenvalue weighted by Gasteiger charge is -2.34. The first kappa shape index (κ1) is 16.7. The maximum atomic E-state index is 12.2. The summed E-state index contributed by atoms with van der Waals surface area (Å²) >= 11 is 1.64. The fraction of sp³-hybridized carbons (Fsp3) is 0.667. The Morgan fingerprint density at radius 2 is 2.27 bits per heavy atom. The van der Waals surface area contributed by atoms with Crippen molar-refractivity contribution in [1.82, 2.24) is 15.2 Å². The minimum Gasteiger partial charge on any atom is -0.481 e. The SMILES string of the molecule is CCc1nc(CCNC(=O)N2CC(C)CC(C(=O)O)C2)cs1. The van der Waals surface area contributed by atoms with Gasteiger partial charge in [0.2, 0.25) is 0 Å². The Kier molecular flexibility index (Phi) is 5.76. The zero-order valence-electron chi connectivity index (χ0n) is 13.0. The highest BCUT2D eigenvalue weighted by atomic mass is 32.1. The van der Waals surface area contributed by atoms with Gasteiger partial charge in [0.15, 0.2) is 0 Å². The van der Waals surface area contributed by atoms with Crippen molar-refractivity contribution in [3.05, 3.63) is 16.1 Å². The highest BCUT2D eigenvalue weighted by Gasteiger charge is 2.31. The smallest absolute Gasteiger partial charge is 0.317 e. The number of urea groups is 1. The predicted octanol–water partition coefficient (Wildman–Crippen LogP) is 2.00. The molecule has 2 atom stereocenters. The molecule has 7 heteroatoms. The molecule has 1 aliphatic heterocycles. The number of aliphatic carboxylic acids is 1. The van der Waals surface area contributed by atoms with Crippen LogP contribution in [0.4, 0.5) is 4.79 Å². The third kappa shape index (κ3) is 4.43. The molecule has 22 heavy (non-hydrogen) atoms. The Hall–Kier alpha value is -1.63. The fourth-order valence-electron chi connectivity index (χ4n) is 2.73. The topological polar surface area (TPSA) is 82.5 Å². The minimum atomic E-state index is -0.820. The van der Waals surface area contributed by atoms with Crippen LogP contribution in [-0.4, -0.2) is 46.6 Å². The Bertz CT molecular complexity index is 532. The molecule has 1 aromatic heterocycles. The zero-order valence-corrected chi connectivity index (χ0v) is 13.9. The summed E-state index contributed by atoms with van der Waals surface area (Å²) in [7, 11) is 0. The van der Waals surface area contributed by atoms with Crippen molar-refractivity contribution in [3.63, 3.8) is 0 Å². The Balaban J connectivity index is 1.79. The number of nitrogens with one attached hydrogen (secondary N) is 1. The van der Waals surface area contributed by atoms with Crippen LogP contribution in [0.25, 0.3) is 0 Å². The first-order valence-corrected chi connectivity index (χ1v) is 8.56. The third-order valence-electron chi connectivity index (χ3n) is 3.86. The highest BCUT2D eigenvalue weighted by molar-refractivity contribution is 7.09. The molecule has 1 saturated heterocycles. The van der Waals surface area contributed by atoms with E-state index in [4.69, 9.17) is 5.11 Å². The second-order valence-corrected chi connectivity index (χ2v) is 6.79. The van der Waals surface area contributed by atoms with E-state index in [1.54, 1.807) is 16.2 Å². The molecule has 0 bridgehead atoms. The van der Waals surface area contributed by atoms with Gasteiger partial charge in [0.25, 0.3) is 0 Å². The molecule has 0 radical (unpaired) electrons. The molecule has 0 spiro atoms. The number of hydrogen-bond acceptors (Lipinski definition) is 4. The van der Waals surface area contributed by atoms with Crippen LogP contribution in [-0.2, 0) is 17.6 Å². The number of amides is 2. The summed E-state index contributed by atoms with van der Waals surface area (Å²) in [5, 5.41) is 15.1. The fourth-order valence-corrected chi connectivity index (χ4v) is 3.51. The molecule has 2 rings (SSSR count). The van der Waals surface area contributed by atoms with E-state index in [1.807, 2.05) is 12.3 Å². The van der Waals surface area contributed by atoms with Crippen LogP contribution >= 0.6 is 11.3 Å². The van der Waals surface area contributed by atoms with Crippen LogP contribution in [0.3, 0.4) is 0 Å². The number of carboxylic acid groups (broad SMARTS) is 1. The number of hydrogen-bond donors (Lipinski definition) is 2. The second kappa shape index (κ2) is 7.58. The summed E-state index contributed by atoms with van der Waals surface area (Å²) in [6, 6.07) is -0.177. The molecule has 2 amide bonds. The van der Waals surface area contributed by atoms with Crippen molar-refractivity contribution in [2.45, 2.75) is 33.1 Å². The summed E-state index contributed by atoms with van der Waals surface area (Å²) in [6.45, 7) is 5.49. The van der Waals surface area contributed by atoms with Crippen LogP contribution in [0.2, 0.25) is 0 Å². The van der Waals surface area contributed by atoms with Gasteiger partial charge in [-0.15, -0.1) is 11.3 Å². The van der Waals surface area contributed by atoms with Gasteiger partial charge >= 0.3 is 12.0 Å². The molecular weight excluding hydrogens is 302 g/mol. The van der Waals surface area contributed by atoms with Gasteiger partial charge in [0.1, 0.15) is 0 Å². The van der Waals surface area contributed by atoms with Crippen molar-refractivity contribution in [1.29, 1.82) is 0 Å². The number of likely N-dealkylation sites (tertiary alicyclic amines) is 1. The monoisotopic (exact) mass is 325 g/mol. The Morgan fingerprint density at radius 3 is 2.91 bits per heavy atom. The van der Waals surface area contributed by atoms with Crippen molar-refractivity contribution in [2.75, 3.05) is 19.6 Å². The molecule has 1 aliphatic rings. The minimum absolute atomic E-state index is 0.177. The lowest BCUT2D eigenvalue weighted by molar-refractivity contribution is -0.143. The molecule has 0 saturated carbocycles. The number of thiazole rings is 1. The molecule has 2 unspecified atom stereocenters. The number of aryl methyl sites for hydroxylation is 1. The van der Waals surface area contributed by atoms with Gasteiger partial charge in [-0.3, -0.25) is 4.79 Å².